The Bertz CT molecular complexity index is 291. The van der Waals surface area contributed by atoms with Crippen molar-refractivity contribution in [3.05, 3.63) is 12.2 Å². The molecule has 0 aromatic heterocycles. The van der Waals surface area contributed by atoms with Crippen molar-refractivity contribution in [2.75, 3.05) is 12.4 Å². The van der Waals surface area contributed by atoms with Gasteiger partial charge >= 0.3 is 5.97 Å². The Morgan fingerprint density at radius 3 is 2.57 bits per heavy atom. The molecule has 0 fully saturated rings. The van der Waals surface area contributed by atoms with Gasteiger partial charge in [0.1, 0.15) is 12.4 Å². The molecule has 0 atom stereocenters. The highest BCUT2D eigenvalue weighted by atomic mass is 32.2. The number of hydrogen-bond acceptors (Lipinski definition) is 4. The fourth-order valence-corrected chi connectivity index (χ4v) is 0.960. The third-order valence-corrected chi connectivity index (χ3v) is 1.97. The van der Waals surface area contributed by atoms with Crippen molar-refractivity contribution in [3.63, 3.8) is 0 Å². The Hall–Kier alpha value is -0.880. The molecule has 0 aromatic carbocycles. The molecular formula is C8H14O5S. The maximum absolute atomic E-state index is 10.9. The number of ether oxygens (including phenoxy) is 1. The summed E-state index contributed by atoms with van der Waals surface area (Å²) < 4.78 is 33.3. The lowest BCUT2D eigenvalue weighted by Gasteiger charge is -2.00. The van der Waals surface area contributed by atoms with Crippen LogP contribution in [0.25, 0.3) is 0 Å². The second-order valence-corrected chi connectivity index (χ2v) is 4.16. The smallest absolute Gasteiger partial charge is 0.309 e. The average molecular weight is 222 g/mol. The number of carbonyl (C=O) groups is 1. The van der Waals surface area contributed by atoms with Crippen molar-refractivity contribution in [1.29, 1.82) is 0 Å². The molecule has 0 spiro atoms. The first kappa shape index (κ1) is 13.1. The van der Waals surface area contributed by atoms with Gasteiger partial charge in [0.15, 0.2) is 0 Å². The first-order chi connectivity index (χ1) is 6.45. The highest BCUT2D eigenvalue weighted by Gasteiger charge is 2.06. The summed E-state index contributed by atoms with van der Waals surface area (Å²) in [5.74, 6) is -1.06. The van der Waals surface area contributed by atoms with Gasteiger partial charge in [-0.2, -0.15) is 8.42 Å². The molecule has 0 saturated carbocycles. The van der Waals surface area contributed by atoms with Crippen LogP contribution in [0.2, 0.25) is 0 Å². The lowest BCUT2D eigenvalue weighted by molar-refractivity contribution is -0.141. The number of esters is 1. The molecule has 1 N–H and O–H groups in total. The molecule has 14 heavy (non-hydrogen) atoms. The van der Waals surface area contributed by atoms with Crippen LogP contribution in [-0.2, 0) is 19.6 Å². The van der Waals surface area contributed by atoms with Crippen LogP contribution in [0.1, 0.15) is 19.8 Å². The second-order valence-electron chi connectivity index (χ2n) is 2.59. The van der Waals surface area contributed by atoms with E-state index in [0.29, 0.717) is 0 Å². The summed E-state index contributed by atoms with van der Waals surface area (Å²) in [7, 11) is -4.04. The summed E-state index contributed by atoms with van der Waals surface area (Å²) in [6.45, 7) is 1.62. The van der Waals surface area contributed by atoms with Gasteiger partial charge < -0.3 is 4.74 Å². The molecule has 0 rings (SSSR count). The van der Waals surface area contributed by atoms with Gasteiger partial charge in [0.2, 0.25) is 0 Å². The van der Waals surface area contributed by atoms with Gasteiger partial charge in [-0.05, 0) is 6.42 Å². The predicted molar refractivity (Wildman–Crippen MR) is 51.4 cm³/mol. The zero-order chi connectivity index (χ0) is 11.0. The van der Waals surface area contributed by atoms with Crippen molar-refractivity contribution in [3.8, 4) is 0 Å². The van der Waals surface area contributed by atoms with Crippen LogP contribution >= 0.6 is 0 Å². The molecule has 0 unspecified atom stereocenters. The summed E-state index contributed by atoms with van der Waals surface area (Å²) in [6.07, 6.45) is 4.41. The molecule has 0 aromatic rings. The Kier molecular flexibility index (Phi) is 6.14. The van der Waals surface area contributed by atoms with Crippen molar-refractivity contribution in [2.45, 2.75) is 19.8 Å². The van der Waals surface area contributed by atoms with E-state index in [0.717, 1.165) is 6.42 Å². The first-order valence-electron chi connectivity index (χ1n) is 4.21. The monoisotopic (exact) mass is 222 g/mol. The highest BCUT2D eigenvalue weighted by molar-refractivity contribution is 7.85. The van der Waals surface area contributed by atoms with Gasteiger partial charge in [0.05, 0.1) is 6.42 Å². The van der Waals surface area contributed by atoms with Gasteiger partial charge in [-0.15, -0.1) is 0 Å². The van der Waals surface area contributed by atoms with E-state index < -0.39 is 21.8 Å². The Labute approximate surface area is 83.5 Å². The van der Waals surface area contributed by atoms with Crippen LogP contribution in [0, 0.1) is 0 Å². The van der Waals surface area contributed by atoms with Gasteiger partial charge in [-0.25, -0.2) is 0 Å². The fourth-order valence-electron chi connectivity index (χ4n) is 0.666. The topological polar surface area (TPSA) is 80.7 Å². The number of hydrogen-bond donors (Lipinski definition) is 1. The molecule has 0 heterocycles. The fraction of sp³-hybridized carbons (Fsp3) is 0.625. The summed E-state index contributed by atoms with van der Waals surface area (Å²) >= 11 is 0. The lowest BCUT2D eigenvalue weighted by atomic mass is 10.3. The predicted octanol–water partition coefficient (Wildman–Crippen LogP) is 0.774. The number of rotatable bonds is 6. The molecule has 5 nitrogen and oxygen atoms in total. The minimum atomic E-state index is -4.04. The van der Waals surface area contributed by atoms with Crippen LogP contribution in [0.3, 0.4) is 0 Å². The molecule has 0 aliphatic carbocycles. The molecule has 0 amide bonds. The van der Waals surface area contributed by atoms with E-state index >= 15 is 0 Å². The summed E-state index contributed by atoms with van der Waals surface area (Å²) in [5, 5.41) is 0. The van der Waals surface area contributed by atoms with Crippen LogP contribution in [-0.4, -0.2) is 31.3 Å². The van der Waals surface area contributed by atoms with Gasteiger partial charge in [0, 0.05) is 0 Å². The molecule has 0 bridgehead atoms. The largest absolute Gasteiger partial charge is 0.464 e. The Morgan fingerprint density at radius 1 is 1.43 bits per heavy atom. The van der Waals surface area contributed by atoms with E-state index in [4.69, 9.17) is 4.55 Å². The van der Waals surface area contributed by atoms with Crippen molar-refractivity contribution in [1.82, 2.24) is 0 Å². The van der Waals surface area contributed by atoms with Gasteiger partial charge in [0.25, 0.3) is 10.1 Å². The van der Waals surface area contributed by atoms with E-state index in [2.05, 4.69) is 4.74 Å². The SMILES string of the molecule is CC/C=C\CC(=O)OCCS(=O)(=O)O. The van der Waals surface area contributed by atoms with Crippen molar-refractivity contribution >= 4 is 16.1 Å². The third kappa shape index (κ3) is 9.21. The van der Waals surface area contributed by atoms with Crippen LogP contribution in [0.4, 0.5) is 0 Å². The molecule has 0 aliphatic rings. The lowest BCUT2D eigenvalue weighted by Crippen LogP contribution is -2.13. The molecule has 0 saturated heterocycles. The Morgan fingerprint density at radius 2 is 2.07 bits per heavy atom. The molecule has 6 heteroatoms. The van der Waals surface area contributed by atoms with Crippen molar-refractivity contribution < 1.29 is 22.5 Å². The van der Waals surface area contributed by atoms with Crippen LogP contribution < -0.4 is 0 Å². The van der Waals surface area contributed by atoms with E-state index in [1.807, 2.05) is 13.0 Å². The van der Waals surface area contributed by atoms with E-state index in [1.165, 1.54) is 0 Å². The summed E-state index contributed by atoms with van der Waals surface area (Å²) in [6, 6.07) is 0. The summed E-state index contributed by atoms with van der Waals surface area (Å²) in [4.78, 5) is 10.9. The Balaban J connectivity index is 3.60. The normalized spacial score (nSPS) is 11.9. The third-order valence-electron chi connectivity index (χ3n) is 1.29. The summed E-state index contributed by atoms with van der Waals surface area (Å²) in [5.41, 5.74) is 0. The minimum absolute atomic E-state index is 0.124. The van der Waals surface area contributed by atoms with Crippen molar-refractivity contribution in [2.24, 2.45) is 0 Å². The molecular weight excluding hydrogens is 208 g/mol. The van der Waals surface area contributed by atoms with E-state index in [1.54, 1.807) is 6.08 Å². The molecule has 0 radical (unpaired) electrons. The maximum atomic E-state index is 10.9. The van der Waals surface area contributed by atoms with E-state index in [-0.39, 0.29) is 13.0 Å². The highest BCUT2D eigenvalue weighted by Crippen LogP contribution is 1.91. The zero-order valence-electron chi connectivity index (χ0n) is 7.97. The second kappa shape index (κ2) is 6.56. The van der Waals surface area contributed by atoms with E-state index in [9.17, 15) is 13.2 Å². The standard InChI is InChI=1S/C8H14O5S/c1-2-3-4-5-8(9)13-6-7-14(10,11)12/h3-4H,2,5-7H2,1H3,(H,10,11,12)/b4-3-. The van der Waals surface area contributed by atoms with Gasteiger partial charge in [-0.3, -0.25) is 9.35 Å². The zero-order valence-corrected chi connectivity index (χ0v) is 8.79. The minimum Gasteiger partial charge on any atom is -0.464 e. The van der Waals surface area contributed by atoms with Gasteiger partial charge in [-0.1, -0.05) is 19.1 Å². The number of allylic oxidation sites excluding steroid dienone is 1. The van der Waals surface area contributed by atoms with Crippen LogP contribution in [0.5, 0.6) is 0 Å². The van der Waals surface area contributed by atoms with Crippen LogP contribution in [0.15, 0.2) is 12.2 Å². The molecule has 82 valence electrons. The maximum Gasteiger partial charge on any atom is 0.309 e. The first-order valence-corrected chi connectivity index (χ1v) is 5.82. The molecule has 0 aliphatic heterocycles. The quantitative estimate of drug-likeness (QED) is 0.408. The average Bonchev–Trinajstić information content (AvgIpc) is 2.02. The number of carbonyl (C=O) groups excluding carboxylic acids is 1.